The van der Waals surface area contributed by atoms with Gasteiger partial charge in [-0.1, -0.05) is 0 Å². The van der Waals surface area contributed by atoms with E-state index in [1.807, 2.05) is 0 Å². The van der Waals surface area contributed by atoms with Gasteiger partial charge >= 0.3 is 0 Å². The van der Waals surface area contributed by atoms with Crippen LogP contribution < -0.4 is 11.1 Å². The molecule has 10 heavy (non-hydrogen) atoms. The Balaban J connectivity index is 0.000000810. The van der Waals surface area contributed by atoms with Gasteiger partial charge in [0.1, 0.15) is 6.67 Å². The van der Waals surface area contributed by atoms with Gasteiger partial charge in [-0.15, -0.1) is 12.4 Å². The van der Waals surface area contributed by atoms with Gasteiger partial charge in [0.15, 0.2) is 0 Å². The first kappa shape index (κ1) is 10.1. The van der Waals surface area contributed by atoms with E-state index in [9.17, 15) is 4.39 Å². The molecule has 0 atom stereocenters. The molecule has 4 heteroatoms. The second kappa shape index (κ2) is 4.11. The summed E-state index contributed by atoms with van der Waals surface area (Å²) in [6, 6.07) is 0. The molecular weight excluding hydrogens is 155 g/mol. The number of piperidine rings is 1. The van der Waals surface area contributed by atoms with Crippen molar-refractivity contribution in [2.75, 3.05) is 19.8 Å². The Morgan fingerprint density at radius 2 is 1.90 bits per heavy atom. The van der Waals surface area contributed by atoms with Crippen LogP contribution in [0, 0.1) is 0 Å². The zero-order valence-corrected chi connectivity index (χ0v) is 6.72. The molecule has 0 aromatic carbocycles. The first-order valence-electron chi connectivity index (χ1n) is 3.32. The second-order valence-electron chi connectivity index (χ2n) is 2.75. The van der Waals surface area contributed by atoms with Crippen LogP contribution in [0.3, 0.4) is 0 Å². The van der Waals surface area contributed by atoms with Gasteiger partial charge in [-0.25, -0.2) is 4.39 Å². The largest absolute Gasteiger partial charge is 0.323 e. The fourth-order valence-corrected chi connectivity index (χ4v) is 1.06. The van der Waals surface area contributed by atoms with E-state index in [0.717, 1.165) is 25.9 Å². The first-order chi connectivity index (χ1) is 4.27. The van der Waals surface area contributed by atoms with E-state index in [0.29, 0.717) is 0 Å². The average molecular weight is 169 g/mol. The molecular formula is C6H14ClFN2. The lowest BCUT2D eigenvalue weighted by Crippen LogP contribution is -2.50. The lowest BCUT2D eigenvalue weighted by molar-refractivity contribution is 0.241. The van der Waals surface area contributed by atoms with Crippen LogP contribution >= 0.6 is 12.4 Å². The van der Waals surface area contributed by atoms with Crippen molar-refractivity contribution in [1.82, 2.24) is 5.32 Å². The maximum Gasteiger partial charge on any atom is 0.107 e. The van der Waals surface area contributed by atoms with Gasteiger partial charge in [-0.05, 0) is 25.9 Å². The van der Waals surface area contributed by atoms with Crippen LogP contribution in [0.2, 0.25) is 0 Å². The van der Waals surface area contributed by atoms with Crippen molar-refractivity contribution in [3.63, 3.8) is 0 Å². The average Bonchev–Trinajstić information content (AvgIpc) is 1.90. The van der Waals surface area contributed by atoms with Gasteiger partial charge in [-0.3, -0.25) is 0 Å². The quantitative estimate of drug-likeness (QED) is 0.597. The molecule has 0 unspecified atom stereocenters. The van der Waals surface area contributed by atoms with Gasteiger partial charge in [0.05, 0.1) is 0 Å². The second-order valence-corrected chi connectivity index (χ2v) is 2.75. The maximum atomic E-state index is 12.1. The van der Waals surface area contributed by atoms with Crippen molar-refractivity contribution in [3.05, 3.63) is 0 Å². The molecule has 0 radical (unpaired) electrons. The fraction of sp³-hybridized carbons (Fsp3) is 1.00. The first-order valence-corrected chi connectivity index (χ1v) is 3.32. The van der Waals surface area contributed by atoms with E-state index < -0.39 is 5.54 Å². The third-order valence-corrected chi connectivity index (χ3v) is 1.87. The molecule has 0 spiro atoms. The van der Waals surface area contributed by atoms with Crippen molar-refractivity contribution in [2.24, 2.45) is 5.73 Å². The molecule has 0 aromatic heterocycles. The molecule has 1 rings (SSSR count). The van der Waals surface area contributed by atoms with Crippen LogP contribution in [0.1, 0.15) is 12.8 Å². The molecule has 1 heterocycles. The summed E-state index contributed by atoms with van der Waals surface area (Å²) in [7, 11) is 0. The number of rotatable bonds is 1. The van der Waals surface area contributed by atoms with Crippen molar-refractivity contribution >= 4 is 12.4 Å². The lowest BCUT2D eigenvalue weighted by Gasteiger charge is -2.30. The molecule has 1 fully saturated rings. The van der Waals surface area contributed by atoms with E-state index in [4.69, 9.17) is 5.73 Å². The fourth-order valence-electron chi connectivity index (χ4n) is 1.06. The molecule has 1 saturated heterocycles. The molecule has 0 saturated carbocycles. The normalized spacial score (nSPS) is 23.4. The summed E-state index contributed by atoms with van der Waals surface area (Å²) in [5.74, 6) is 0. The van der Waals surface area contributed by atoms with Crippen LogP contribution in [-0.4, -0.2) is 25.3 Å². The van der Waals surface area contributed by atoms with E-state index >= 15 is 0 Å². The zero-order valence-electron chi connectivity index (χ0n) is 5.90. The van der Waals surface area contributed by atoms with Crippen LogP contribution in [0.4, 0.5) is 4.39 Å². The summed E-state index contributed by atoms with van der Waals surface area (Å²) < 4.78 is 12.1. The van der Waals surface area contributed by atoms with Crippen LogP contribution in [-0.2, 0) is 0 Å². The minimum atomic E-state index is -0.509. The highest BCUT2D eigenvalue weighted by Crippen LogP contribution is 2.14. The summed E-state index contributed by atoms with van der Waals surface area (Å²) in [5, 5.41) is 3.13. The van der Waals surface area contributed by atoms with Crippen LogP contribution in [0.15, 0.2) is 0 Å². The Kier molecular flexibility index (Phi) is 4.17. The predicted octanol–water partition coefficient (Wildman–Crippen LogP) is 0.459. The Morgan fingerprint density at radius 3 is 2.20 bits per heavy atom. The maximum absolute atomic E-state index is 12.1. The monoisotopic (exact) mass is 168 g/mol. The van der Waals surface area contributed by atoms with Crippen LogP contribution in [0.25, 0.3) is 0 Å². The zero-order chi connectivity index (χ0) is 6.74. The van der Waals surface area contributed by atoms with Crippen LogP contribution in [0.5, 0.6) is 0 Å². The SMILES string of the molecule is Cl.NC1(CF)CCNCC1. The number of nitrogens with two attached hydrogens (primary N) is 1. The van der Waals surface area contributed by atoms with E-state index in [-0.39, 0.29) is 19.1 Å². The Morgan fingerprint density at radius 1 is 1.40 bits per heavy atom. The molecule has 0 amide bonds. The van der Waals surface area contributed by atoms with Gasteiger partial charge in [0, 0.05) is 5.54 Å². The number of hydrogen-bond acceptors (Lipinski definition) is 2. The van der Waals surface area contributed by atoms with Gasteiger partial charge < -0.3 is 11.1 Å². The molecule has 0 aliphatic carbocycles. The minimum Gasteiger partial charge on any atom is -0.323 e. The summed E-state index contributed by atoms with van der Waals surface area (Å²) in [6.07, 6.45) is 1.53. The molecule has 2 nitrogen and oxygen atoms in total. The van der Waals surface area contributed by atoms with Gasteiger partial charge in [-0.2, -0.15) is 0 Å². The topological polar surface area (TPSA) is 38.0 Å². The Labute approximate surface area is 66.8 Å². The number of hydrogen-bond donors (Lipinski definition) is 2. The van der Waals surface area contributed by atoms with E-state index in [2.05, 4.69) is 5.32 Å². The smallest absolute Gasteiger partial charge is 0.107 e. The third kappa shape index (κ3) is 2.40. The number of alkyl halides is 1. The Bertz CT molecular complexity index is 93.7. The molecule has 3 N–H and O–H groups in total. The van der Waals surface area contributed by atoms with Crippen molar-refractivity contribution < 1.29 is 4.39 Å². The summed E-state index contributed by atoms with van der Waals surface area (Å²) in [6.45, 7) is 1.34. The van der Waals surface area contributed by atoms with Gasteiger partial charge in [0.2, 0.25) is 0 Å². The third-order valence-electron chi connectivity index (χ3n) is 1.87. The van der Waals surface area contributed by atoms with Crippen molar-refractivity contribution in [2.45, 2.75) is 18.4 Å². The molecule has 0 bridgehead atoms. The highest BCUT2D eigenvalue weighted by Gasteiger charge is 2.26. The highest BCUT2D eigenvalue weighted by atomic mass is 35.5. The minimum absolute atomic E-state index is 0. The molecule has 1 aliphatic rings. The van der Waals surface area contributed by atoms with Gasteiger partial charge in [0.25, 0.3) is 0 Å². The van der Waals surface area contributed by atoms with E-state index in [1.54, 1.807) is 0 Å². The summed E-state index contributed by atoms with van der Waals surface area (Å²) in [4.78, 5) is 0. The van der Waals surface area contributed by atoms with E-state index in [1.165, 1.54) is 0 Å². The highest BCUT2D eigenvalue weighted by molar-refractivity contribution is 5.85. The summed E-state index contributed by atoms with van der Waals surface area (Å²) in [5.41, 5.74) is 5.13. The number of nitrogens with one attached hydrogen (secondary N) is 1. The van der Waals surface area contributed by atoms with Crippen molar-refractivity contribution in [1.29, 1.82) is 0 Å². The lowest BCUT2D eigenvalue weighted by atomic mass is 9.91. The predicted molar refractivity (Wildman–Crippen MR) is 42.2 cm³/mol. The van der Waals surface area contributed by atoms with Crippen molar-refractivity contribution in [3.8, 4) is 0 Å². The summed E-state index contributed by atoms with van der Waals surface area (Å²) >= 11 is 0. The Hall–Kier alpha value is 0.140. The standard InChI is InChI=1S/C6H13FN2.ClH/c7-5-6(8)1-3-9-4-2-6;/h9H,1-5,8H2;1H. The number of halogens is 2. The molecule has 0 aromatic rings. The molecule has 1 aliphatic heterocycles. The molecule has 62 valence electrons.